The topological polar surface area (TPSA) is 67.2 Å². The summed E-state index contributed by atoms with van der Waals surface area (Å²) >= 11 is 0. The molecule has 1 aromatic heterocycles. The Morgan fingerprint density at radius 1 is 1.71 bits per heavy atom. The lowest BCUT2D eigenvalue weighted by Crippen LogP contribution is -2.42. The number of nitrogens with zero attached hydrogens (tertiary/aromatic N) is 1. The molecule has 1 atom stereocenters. The maximum Gasteiger partial charge on any atom is 0.227 e. The van der Waals surface area contributed by atoms with Crippen LogP contribution in [0.2, 0.25) is 0 Å². The lowest BCUT2D eigenvalue weighted by Gasteiger charge is -2.26. The number of carbonyl (C=O) groups excluding carboxylic acids is 1. The number of hydrogen-bond donors (Lipinski definition) is 2. The zero-order valence-corrected chi connectivity index (χ0v) is 10.2. The van der Waals surface area contributed by atoms with Gasteiger partial charge < -0.3 is 15.2 Å². The van der Waals surface area contributed by atoms with Crippen molar-refractivity contribution >= 4 is 5.91 Å². The number of hydrogen-bond acceptors (Lipinski definition) is 4. The van der Waals surface area contributed by atoms with E-state index in [1.165, 1.54) is 6.26 Å². The summed E-state index contributed by atoms with van der Waals surface area (Å²) in [6.07, 6.45) is 4.40. The Bertz CT molecular complexity index is 356. The molecule has 1 saturated heterocycles. The van der Waals surface area contributed by atoms with Crippen LogP contribution in [0.5, 0.6) is 0 Å². The molecule has 0 saturated carbocycles. The Kier molecular flexibility index (Phi) is 3.78. The molecule has 0 aromatic carbocycles. The summed E-state index contributed by atoms with van der Waals surface area (Å²) in [5, 5.41) is 10.0. The van der Waals surface area contributed by atoms with Crippen LogP contribution in [-0.4, -0.2) is 24.2 Å². The number of rotatable bonds is 5. The fourth-order valence-electron chi connectivity index (χ4n) is 2.43. The molecule has 0 bridgehead atoms. The molecular weight excluding hydrogens is 218 g/mol. The van der Waals surface area contributed by atoms with Gasteiger partial charge >= 0.3 is 0 Å². The van der Waals surface area contributed by atoms with Crippen molar-refractivity contribution in [3.05, 3.63) is 18.0 Å². The molecule has 5 heteroatoms. The van der Waals surface area contributed by atoms with E-state index in [0.717, 1.165) is 38.0 Å². The third-order valence-corrected chi connectivity index (χ3v) is 3.38. The molecule has 1 aromatic rings. The van der Waals surface area contributed by atoms with Crippen molar-refractivity contribution < 1.29 is 9.32 Å². The van der Waals surface area contributed by atoms with Crippen molar-refractivity contribution in [2.45, 2.75) is 32.7 Å². The molecule has 1 aliphatic heterocycles. The van der Waals surface area contributed by atoms with Gasteiger partial charge in [0.05, 0.1) is 12.0 Å². The summed E-state index contributed by atoms with van der Waals surface area (Å²) in [4.78, 5) is 12.2. The maximum atomic E-state index is 12.2. The van der Waals surface area contributed by atoms with Gasteiger partial charge in [-0.2, -0.15) is 0 Å². The normalized spacial score (nSPS) is 23.8. The fourth-order valence-corrected chi connectivity index (χ4v) is 2.43. The summed E-state index contributed by atoms with van der Waals surface area (Å²) < 4.78 is 4.73. The van der Waals surface area contributed by atoms with Crippen LogP contribution in [0.25, 0.3) is 0 Å². The van der Waals surface area contributed by atoms with Gasteiger partial charge in [0, 0.05) is 12.6 Å². The molecule has 2 N–H and O–H groups in total. The first-order chi connectivity index (χ1) is 8.27. The number of nitrogens with one attached hydrogen (secondary N) is 2. The van der Waals surface area contributed by atoms with Crippen LogP contribution >= 0.6 is 0 Å². The Morgan fingerprint density at radius 3 is 3.18 bits per heavy atom. The second-order valence-electron chi connectivity index (χ2n) is 4.63. The highest BCUT2D eigenvalue weighted by atomic mass is 16.5. The van der Waals surface area contributed by atoms with Crippen LogP contribution in [0.4, 0.5) is 0 Å². The van der Waals surface area contributed by atoms with Crippen LogP contribution in [0.15, 0.2) is 16.9 Å². The molecule has 1 amide bonds. The molecule has 0 aliphatic carbocycles. The minimum absolute atomic E-state index is 0.132. The molecule has 2 heterocycles. The molecule has 2 rings (SSSR count). The Balaban J connectivity index is 1.92. The van der Waals surface area contributed by atoms with E-state index in [9.17, 15) is 4.79 Å². The van der Waals surface area contributed by atoms with Gasteiger partial charge in [0.25, 0.3) is 0 Å². The number of amides is 1. The molecule has 1 aliphatic rings. The lowest BCUT2D eigenvalue weighted by atomic mass is 9.81. The van der Waals surface area contributed by atoms with Crippen LogP contribution in [0.3, 0.4) is 0 Å². The van der Waals surface area contributed by atoms with E-state index in [0.29, 0.717) is 6.54 Å². The van der Waals surface area contributed by atoms with E-state index in [4.69, 9.17) is 4.52 Å². The monoisotopic (exact) mass is 237 g/mol. The molecule has 0 radical (unpaired) electrons. The molecule has 0 spiro atoms. The summed E-state index contributed by atoms with van der Waals surface area (Å²) in [6, 6.07) is 1.76. The predicted octanol–water partition coefficient (Wildman–Crippen LogP) is 1.07. The quantitative estimate of drug-likeness (QED) is 0.804. The highest BCUT2D eigenvalue weighted by Crippen LogP contribution is 2.31. The van der Waals surface area contributed by atoms with Crippen molar-refractivity contribution in [3.63, 3.8) is 0 Å². The van der Waals surface area contributed by atoms with Gasteiger partial charge in [-0.15, -0.1) is 0 Å². The third-order valence-electron chi connectivity index (χ3n) is 3.38. The van der Waals surface area contributed by atoms with Crippen molar-refractivity contribution in [3.8, 4) is 0 Å². The van der Waals surface area contributed by atoms with Crippen molar-refractivity contribution in [2.75, 3.05) is 13.1 Å². The number of carbonyl (C=O) groups is 1. The van der Waals surface area contributed by atoms with E-state index in [1.807, 2.05) is 0 Å². The van der Waals surface area contributed by atoms with E-state index < -0.39 is 0 Å². The van der Waals surface area contributed by atoms with Crippen molar-refractivity contribution in [1.82, 2.24) is 15.8 Å². The second-order valence-corrected chi connectivity index (χ2v) is 4.63. The van der Waals surface area contributed by atoms with Crippen molar-refractivity contribution in [2.24, 2.45) is 5.41 Å². The first kappa shape index (κ1) is 12.1. The summed E-state index contributed by atoms with van der Waals surface area (Å²) in [5.74, 6) is 0.132. The van der Waals surface area contributed by atoms with Gasteiger partial charge in [0.2, 0.25) is 5.91 Å². The Hall–Kier alpha value is -1.36. The van der Waals surface area contributed by atoms with Gasteiger partial charge in [-0.1, -0.05) is 18.5 Å². The van der Waals surface area contributed by atoms with Gasteiger partial charge in [-0.3, -0.25) is 4.79 Å². The van der Waals surface area contributed by atoms with Crippen LogP contribution < -0.4 is 10.6 Å². The summed E-state index contributed by atoms with van der Waals surface area (Å²) in [5.41, 5.74) is 0.536. The van der Waals surface area contributed by atoms with Gasteiger partial charge in [0.15, 0.2) is 0 Å². The average Bonchev–Trinajstić information content (AvgIpc) is 2.97. The largest absolute Gasteiger partial charge is 0.364 e. The van der Waals surface area contributed by atoms with E-state index >= 15 is 0 Å². The van der Waals surface area contributed by atoms with Crippen LogP contribution in [0.1, 0.15) is 31.9 Å². The Morgan fingerprint density at radius 2 is 2.59 bits per heavy atom. The third kappa shape index (κ3) is 2.66. The van der Waals surface area contributed by atoms with E-state index in [2.05, 4.69) is 22.7 Å². The second kappa shape index (κ2) is 5.31. The molecular formula is C12H19N3O2. The average molecular weight is 237 g/mol. The molecule has 5 nitrogen and oxygen atoms in total. The SMILES string of the molecule is CCCC1(C(=O)NCc2ccon2)CCNC1. The highest BCUT2D eigenvalue weighted by molar-refractivity contribution is 5.83. The highest BCUT2D eigenvalue weighted by Gasteiger charge is 2.39. The first-order valence-corrected chi connectivity index (χ1v) is 6.15. The van der Waals surface area contributed by atoms with E-state index in [1.54, 1.807) is 6.07 Å². The van der Waals surface area contributed by atoms with E-state index in [-0.39, 0.29) is 11.3 Å². The first-order valence-electron chi connectivity index (χ1n) is 6.15. The van der Waals surface area contributed by atoms with Gasteiger partial charge in [0.1, 0.15) is 12.0 Å². The van der Waals surface area contributed by atoms with Gasteiger partial charge in [-0.05, 0) is 19.4 Å². The predicted molar refractivity (Wildman–Crippen MR) is 63.2 cm³/mol. The smallest absolute Gasteiger partial charge is 0.227 e. The molecule has 1 unspecified atom stereocenters. The molecule has 94 valence electrons. The zero-order valence-electron chi connectivity index (χ0n) is 10.2. The summed E-state index contributed by atoms with van der Waals surface area (Å²) in [6.45, 7) is 4.27. The maximum absolute atomic E-state index is 12.2. The lowest BCUT2D eigenvalue weighted by molar-refractivity contribution is -0.130. The number of aromatic nitrogens is 1. The summed E-state index contributed by atoms with van der Waals surface area (Å²) in [7, 11) is 0. The van der Waals surface area contributed by atoms with Crippen LogP contribution in [-0.2, 0) is 11.3 Å². The fraction of sp³-hybridized carbons (Fsp3) is 0.667. The standard InChI is InChI=1S/C12H19N3O2/c1-2-4-12(5-6-13-9-12)11(16)14-8-10-3-7-17-15-10/h3,7,13H,2,4-6,8-9H2,1H3,(H,14,16). The van der Waals surface area contributed by atoms with Crippen molar-refractivity contribution in [1.29, 1.82) is 0 Å². The van der Waals surface area contributed by atoms with Gasteiger partial charge in [-0.25, -0.2) is 0 Å². The molecule has 1 fully saturated rings. The Labute approximate surface area is 101 Å². The van der Waals surface area contributed by atoms with Crippen LogP contribution in [0, 0.1) is 5.41 Å². The molecule has 17 heavy (non-hydrogen) atoms. The minimum atomic E-state index is -0.224. The minimum Gasteiger partial charge on any atom is -0.364 e. The zero-order chi connectivity index (χ0) is 12.1.